The second-order valence-corrected chi connectivity index (χ2v) is 3.82. The first-order valence-corrected chi connectivity index (χ1v) is 4.74. The monoisotopic (exact) mass is 155 g/mol. The molecule has 2 aliphatic rings. The van der Waals surface area contributed by atoms with Crippen molar-refractivity contribution in [2.45, 2.75) is 37.6 Å². The van der Waals surface area contributed by atoms with Crippen LogP contribution < -0.4 is 5.32 Å². The third kappa shape index (κ3) is 1.57. The van der Waals surface area contributed by atoms with Crippen LogP contribution in [0.2, 0.25) is 0 Å². The Bertz CT molecular complexity index is 122. The summed E-state index contributed by atoms with van der Waals surface area (Å²) in [6.45, 7) is 3.12. The van der Waals surface area contributed by atoms with Crippen LogP contribution in [-0.4, -0.2) is 25.3 Å². The maximum absolute atomic E-state index is 5.57. The lowest BCUT2D eigenvalue weighted by Crippen LogP contribution is -2.60. The van der Waals surface area contributed by atoms with Gasteiger partial charge in [-0.2, -0.15) is 0 Å². The van der Waals surface area contributed by atoms with E-state index in [9.17, 15) is 0 Å². The fourth-order valence-corrected chi connectivity index (χ4v) is 2.00. The third-order valence-electron chi connectivity index (χ3n) is 2.93. The van der Waals surface area contributed by atoms with Crippen molar-refractivity contribution in [1.29, 1.82) is 0 Å². The largest absolute Gasteiger partial charge is 0.380 e. The van der Waals surface area contributed by atoms with Crippen LogP contribution in [-0.2, 0) is 4.74 Å². The summed E-state index contributed by atoms with van der Waals surface area (Å²) in [5, 5.41) is 3.50. The Kier molecular flexibility index (Phi) is 2.14. The number of nitrogens with one attached hydrogen (secondary N) is 1. The zero-order chi connectivity index (χ0) is 7.57. The number of rotatable bonds is 0. The van der Waals surface area contributed by atoms with Crippen molar-refractivity contribution in [2.75, 3.05) is 19.8 Å². The predicted octanol–water partition coefficient (Wildman–Crippen LogP) is 1.31. The average molecular weight is 155 g/mol. The van der Waals surface area contributed by atoms with Gasteiger partial charge >= 0.3 is 0 Å². The summed E-state index contributed by atoms with van der Waals surface area (Å²) in [4.78, 5) is 0. The Balaban J connectivity index is 1.86. The number of hydrogen-bond acceptors (Lipinski definition) is 2. The highest BCUT2D eigenvalue weighted by molar-refractivity contribution is 4.96. The van der Waals surface area contributed by atoms with Crippen LogP contribution in [0.4, 0.5) is 0 Å². The second kappa shape index (κ2) is 3.11. The normalized spacial score (nSPS) is 39.3. The van der Waals surface area contributed by atoms with Gasteiger partial charge in [0.05, 0.1) is 6.61 Å². The van der Waals surface area contributed by atoms with Crippen LogP contribution >= 0.6 is 0 Å². The van der Waals surface area contributed by atoms with Crippen LogP contribution in [0.3, 0.4) is 0 Å². The molecular weight excluding hydrogens is 138 g/mol. The lowest BCUT2D eigenvalue weighted by Gasteiger charge is -2.44. The van der Waals surface area contributed by atoms with Gasteiger partial charge in [0.2, 0.25) is 0 Å². The van der Waals surface area contributed by atoms with Gasteiger partial charge in [0.15, 0.2) is 0 Å². The van der Waals surface area contributed by atoms with Crippen molar-refractivity contribution in [3.05, 3.63) is 0 Å². The molecule has 0 aromatic rings. The molecule has 0 bridgehead atoms. The minimum atomic E-state index is 0.403. The summed E-state index contributed by atoms with van der Waals surface area (Å²) in [5.74, 6) is 0. The van der Waals surface area contributed by atoms with E-state index < -0.39 is 0 Å². The molecule has 2 saturated heterocycles. The molecule has 0 aromatic carbocycles. The van der Waals surface area contributed by atoms with Gasteiger partial charge in [-0.05, 0) is 25.8 Å². The van der Waals surface area contributed by atoms with Gasteiger partial charge in [-0.1, -0.05) is 12.8 Å². The van der Waals surface area contributed by atoms with E-state index in [1.807, 2.05) is 0 Å². The topological polar surface area (TPSA) is 21.3 Å². The van der Waals surface area contributed by atoms with Gasteiger partial charge in [-0.15, -0.1) is 0 Å². The number of ether oxygens (including phenoxy) is 1. The van der Waals surface area contributed by atoms with Crippen LogP contribution in [0.1, 0.15) is 32.1 Å². The molecule has 2 rings (SSSR count). The highest BCUT2D eigenvalue weighted by atomic mass is 16.5. The zero-order valence-corrected chi connectivity index (χ0v) is 7.07. The minimum Gasteiger partial charge on any atom is -0.380 e. The van der Waals surface area contributed by atoms with E-state index in [4.69, 9.17) is 4.74 Å². The SMILES string of the molecule is C1CCOCC2(CC1)CCN2. The maximum atomic E-state index is 5.57. The van der Waals surface area contributed by atoms with Gasteiger partial charge < -0.3 is 10.1 Å². The molecule has 2 aliphatic heterocycles. The molecule has 0 saturated carbocycles. The van der Waals surface area contributed by atoms with Crippen molar-refractivity contribution < 1.29 is 4.74 Å². The number of hydrogen-bond donors (Lipinski definition) is 1. The summed E-state index contributed by atoms with van der Waals surface area (Å²) in [6, 6.07) is 0. The quantitative estimate of drug-likeness (QED) is 0.569. The Morgan fingerprint density at radius 3 is 2.73 bits per heavy atom. The molecule has 2 heteroatoms. The van der Waals surface area contributed by atoms with Crippen LogP contribution in [0.15, 0.2) is 0 Å². The first-order valence-electron chi connectivity index (χ1n) is 4.74. The predicted molar refractivity (Wildman–Crippen MR) is 44.6 cm³/mol. The summed E-state index contributed by atoms with van der Waals surface area (Å²) in [6.07, 6.45) is 6.65. The second-order valence-electron chi connectivity index (χ2n) is 3.82. The summed E-state index contributed by atoms with van der Waals surface area (Å²) in [5.41, 5.74) is 0.403. The van der Waals surface area contributed by atoms with Crippen LogP contribution in [0, 0.1) is 0 Å². The molecule has 64 valence electrons. The van der Waals surface area contributed by atoms with E-state index in [2.05, 4.69) is 5.32 Å². The van der Waals surface area contributed by atoms with E-state index >= 15 is 0 Å². The van der Waals surface area contributed by atoms with Crippen molar-refractivity contribution in [1.82, 2.24) is 5.32 Å². The molecule has 1 spiro atoms. The van der Waals surface area contributed by atoms with Crippen molar-refractivity contribution in [3.8, 4) is 0 Å². The molecular formula is C9H17NO. The van der Waals surface area contributed by atoms with E-state index in [0.717, 1.165) is 13.2 Å². The molecule has 0 aliphatic carbocycles. The molecule has 0 amide bonds. The lowest BCUT2D eigenvalue weighted by molar-refractivity contribution is 0.0162. The van der Waals surface area contributed by atoms with Crippen molar-refractivity contribution in [3.63, 3.8) is 0 Å². The zero-order valence-electron chi connectivity index (χ0n) is 7.07. The van der Waals surface area contributed by atoms with Gasteiger partial charge in [0.1, 0.15) is 0 Å². The summed E-state index contributed by atoms with van der Waals surface area (Å²) < 4.78 is 5.57. The molecule has 0 radical (unpaired) electrons. The van der Waals surface area contributed by atoms with E-state index in [-0.39, 0.29) is 0 Å². The standard InChI is InChI=1S/C9H17NO/c1-2-4-9(5-6-10-9)8-11-7-3-1/h10H,1-8H2. The summed E-state index contributed by atoms with van der Waals surface area (Å²) >= 11 is 0. The average Bonchev–Trinajstić information content (AvgIpc) is 1.82. The molecule has 1 N–H and O–H groups in total. The van der Waals surface area contributed by atoms with Gasteiger partial charge in [-0.3, -0.25) is 0 Å². The Morgan fingerprint density at radius 2 is 2.00 bits per heavy atom. The molecule has 11 heavy (non-hydrogen) atoms. The molecule has 1 atom stereocenters. The van der Waals surface area contributed by atoms with Crippen LogP contribution in [0.5, 0.6) is 0 Å². The lowest BCUT2D eigenvalue weighted by atomic mass is 9.83. The summed E-state index contributed by atoms with van der Waals surface area (Å²) in [7, 11) is 0. The Labute approximate surface area is 68.3 Å². The molecule has 2 nitrogen and oxygen atoms in total. The molecule has 2 heterocycles. The van der Waals surface area contributed by atoms with Crippen molar-refractivity contribution >= 4 is 0 Å². The molecule has 1 unspecified atom stereocenters. The maximum Gasteiger partial charge on any atom is 0.0648 e. The van der Waals surface area contributed by atoms with Gasteiger partial charge in [-0.25, -0.2) is 0 Å². The highest BCUT2D eigenvalue weighted by Gasteiger charge is 2.36. The smallest absolute Gasteiger partial charge is 0.0648 e. The molecule has 2 fully saturated rings. The first kappa shape index (κ1) is 7.56. The minimum absolute atomic E-state index is 0.403. The van der Waals surface area contributed by atoms with Gasteiger partial charge in [0.25, 0.3) is 0 Å². The first-order chi connectivity index (χ1) is 5.41. The van der Waals surface area contributed by atoms with E-state index in [1.54, 1.807) is 0 Å². The Hall–Kier alpha value is -0.0800. The van der Waals surface area contributed by atoms with E-state index in [1.165, 1.54) is 38.6 Å². The van der Waals surface area contributed by atoms with E-state index in [0.29, 0.717) is 5.54 Å². The van der Waals surface area contributed by atoms with Crippen molar-refractivity contribution in [2.24, 2.45) is 0 Å². The molecule has 0 aromatic heterocycles. The fraction of sp³-hybridized carbons (Fsp3) is 1.00. The Morgan fingerprint density at radius 1 is 1.09 bits per heavy atom. The highest BCUT2D eigenvalue weighted by Crippen LogP contribution is 2.27. The van der Waals surface area contributed by atoms with Gasteiger partial charge in [0, 0.05) is 12.1 Å². The third-order valence-corrected chi connectivity index (χ3v) is 2.93. The fourth-order valence-electron chi connectivity index (χ4n) is 2.00. The van der Waals surface area contributed by atoms with Crippen LogP contribution in [0.25, 0.3) is 0 Å².